The molecule has 27 heavy (non-hydrogen) atoms. The molecule has 0 bridgehead atoms. The van der Waals surface area contributed by atoms with E-state index in [1.165, 1.54) is 16.7 Å². The van der Waals surface area contributed by atoms with Crippen molar-refractivity contribution in [3.63, 3.8) is 0 Å². The van der Waals surface area contributed by atoms with Crippen LogP contribution in [0.25, 0.3) is 55.0 Å². The van der Waals surface area contributed by atoms with Crippen LogP contribution in [0, 0.1) is 6.92 Å². The molecule has 0 spiro atoms. The third-order valence-electron chi connectivity index (χ3n) is 5.33. The second-order valence-electron chi connectivity index (χ2n) is 7.10. The van der Waals surface area contributed by atoms with Gasteiger partial charge in [0.05, 0.1) is 0 Å². The summed E-state index contributed by atoms with van der Waals surface area (Å²) in [5.74, 6) is 0. The summed E-state index contributed by atoms with van der Waals surface area (Å²) in [5.41, 5.74) is 7.08. The average molecular weight is 348 g/mol. The van der Waals surface area contributed by atoms with Gasteiger partial charge in [-0.1, -0.05) is 54.1 Å². The lowest BCUT2D eigenvalue weighted by atomic mass is 10.0. The van der Waals surface area contributed by atoms with Crippen LogP contribution in [0.1, 0.15) is 5.56 Å². The van der Waals surface area contributed by atoms with Crippen molar-refractivity contribution in [3.05, 3.63) is 84.4 Å². The number of hydrogen-bond acceptors (Lipinski definition) is 2. The van der Waals surface area contributed by atoms with Gasteiger partial charge in [0.15, 0.2) is 11.2 Å². The molecule has 6 aromatic rings. The molecule has 4 aromatic carbocycles. The Hall–Kier alpha value is -3.52. The molecule has 128 valence electrons. The molecule has 6 rings (SSSR count). The summed E-state index contributed by atoms with van der Waals surface area (Å²) in [6.07, 6.45) is 0. The third-order valence-corrected chi connectivity index (χ3v) is 5.33. The quantitative estimate of drug-likeness (QED) is 0.308. The van der Waals surface area contributed by atoms with E-state index in [-0.39, 0.29) is 0 Å². The third kappa shape index (κ3) is 2.07. The minimum atomic E-state index is 0.820. The van der Waals surface area contributed by atoms with Crippen LogP contribution in [0.4, 0.5) is 0 Å². The topological polar surface area (TPSA) is 26.3 Å². The first-order valence-corrected chi connectivity index (χ1v) is 9.11. The van der Waals surface area contributed by atoms with Crippen molar-refractivity contribution in [1.29, 1.82) is 0 Å². The molecule has 0 fully saturated rings. The summed E-state index contributed by atoms with van der Waals surface area (Å²) in [5, 5.41) is 4.42. The van der Waals surface area contributed by atoms with Gasteiger partial charge in [-0.2, -0.15) is 0 Å². The van der Waals surface area contributed by atoms with E-state index in [4.69, 9.17) is 8.83 Å². The van der Waals surface area contributed by atoms with E-state index in [1.807, 2.05) is 18.2 Å². The summed E-state index contributed by atoms with van der Waals surface area (Å²) in [6, 6.07) is 27.4. The molecule has 0 aliphatic heterocycles. The molecule has 0 saturated heterocycles. The summed E-state index contributed by atoms with van der Waals surface area (Å²) in [6.45, 7) is 2.12. The maximum absolute atomic E-state index is 6.22. The van der Waals surface area contributed by atoms with Gasteiger partial charge in [0.25, 0.3) is 0 Å². The molecule has 0 saturated carbocycles. The fourth-order valence-electron chi connectivity index (χ4n) is 4.02. The van der Waals surface area contributed by atoms with Gasteiger partial charge in [-0.15, -0.1) is 0 Å². The lowest BCUT2D eigenvalue weighted by molar-refractivity contribution is 0.633. The molecular formula is C25H16O2. The number of hydrogen-bond donors (Lipinski definition) is 0. The highest BCUT2D eigenvalue weighted by molar-refractivity contribution is 6.19. The van der Waals surface area contributed by atoms with Crippen molar-refractivity contribution < 1.29 is 8.83 Å². The number of benzene rings is 4. The van der Waals surface area contributed by atoms with E-state index in [0.29, 0.717) is 0 Å². The molecule has 0 atom stereocenters. The molecule has 0 aliphatic rings. The van der Waals surface area contributed by atoms with Gasteiger partial charge in [-0.3, -0.25) is 0 Å². The van der Waals surface area contributed by atoms with E-state index >= 15 is 0 Å². The van der Waals surface area contributed by atoms with Crippen LogP contribution in [0.15, 0.2) is 87.7 Å². The maximum atomic E-state index is 6.22. The van der Waals surface area contributed by atoms with Crippen molar-refractivity contribution in [3.8, 4) is 11.1 Å². The summed E-state index contributed by atoms with van der Waals surface area (Å²) >= 11 is 0. The summed E-state index contributed by atoms with van der Waals surface area (Å²) in [7, 11) is 0. The van der Waals surface area contributed by atoms with Crippen LogP contribution in [-0.2, 0) is 0 Å². The van der Waals surface area contributed by atoms with E-state index in [2.05, 4.69) is 67.6 Å². The Morgan fingerprint density at radius 2 is 1.22 bits per heavy atom. The first-order chi connectivity index (χ1) is 13.3. The van der Waals surface area contributed by atoms with E-state index in [0.717, 1.165) is 43.9 Å². The Bertz CT molecular complexity index is 1480. The van der Waals surface area contributed by atoms with Crippen LogP contribution in [-0.4, -0.2) is 0 Å². The number of fused-ring (bicyclic) bond motifs is 7. The van der Waals surface area contributed by atoms with Gasteiger partial charge in [-0.25, -0.2) is 0 Å². The lowest BCUT2D eigenvalue weighted by Crippen LogP contribution is -1.79. The number of furan rings is 2. The van der Waals surface area contributed by atoms with Gasteiger partial charge in [0.1, 0.15) is 11.2 Å². The van der Waals surface area contributed by atoms with Crippen molar-refractivity contribution in [2.75, 3.05) is 0 Å². The van der Waals surface area contributed by atoms with Crippen LogP contribution < -0.4 is 0 Å². The minimum Gasteiger partial charge on any atom is -0.452 e. The van der Waals surface area contributed by atoms with Crippen LogP contribution in [0.3, 0.4) is 0 Å². The maximum Gasteiger partial charge on any atom is 0.178 e. The standard InChI is InChI=1S/C25H16O2/c1-15-5-4-6-16(13-15)17-9-12-23-21(14-17)20-11-10-19-18-7-2-3-8-22(18)26-24(19)25(20)27-23/h2-14H,1H3. The molecule has 2 heterocycles. The fraction of sp³-hybridized carbons (Fsp3) is 0.0400. The van der Waals surface area contributed by atoms with Gasteiger partial charge in [0.2, 0.25) is 0 Å². The normalized spacial score (nSPS) is 11.9. The number of aryl methyl sites for hydroxylation is 1. The van der Waals surface area contributed by atoms with Crippen molar-refractivity contribution in [2.45, 2.75) is 6.92 Å². The molecule has 0 N–H and O–H groups in total. The first kappa shape index (κ1) is 14.6. The predicted octanol–water partition coefficient (Wildman–Crippen LogP) is 7.46. The largest absolute Gasteiger partial charge is 0.452 e. The Morgan fingerprint density at radius 1 is 0.519 bits per heavy atom. The van der Waals surface area contributed by atoms with Crippen molar-refractivity contribution in [2.24, 2.45) is 0 Å². The average Bonchev–Trinajstić information content (AvgIpc) is 3.25. The zero-order valence-electron chi connectivity index (χ0n) is 14.8. The van der Waals surface area contributed by atoms with Gasteiger partial charge in [0, 0.05) is 21.5 Å². The minimum absolute atomic E-state index is 0.820. The molecule has 0 radical (unpaired) electrons. The van der Waals surface area contributed by atoms with E-state index < -0.39 is 0 Å². The van der Waals surface area contributed by atoms with E-state index in [1.54, 1.807) is 0 Å². The number of para-hydroxylation sites is 1. The molecular weight excluding hydrogens is 332 g/mol. The molecule has 2 aromatic heterocycles. The molecule has 2 heteroatoms. The fourth-order valence-corrected chi connectivity index (χ4v) is 4.02. The summed E-state index contributed by atoms with van der Waals surface area (Å²) < 4.78 is 12.3. The Balaban J connectivity index is 1.68. The second-order valence-corrected chi connectivity index (χ2v) is 7.10. The molecule has 0 amide bonds. The van der Waals surface area contributed by atoms with Gasteiger partial charge in [-0.05, 0) is 48.4 Å². The second kappa shape index (κ2) is 5.24. The van der Waals surface area contributed by atoms with Crippen molar-refractivity contribution in [1.82, 2.24) is 0 Å². The van der Waals surface area contributed by atoms with Crippen LogP contribution >= 0.6 is 0 Å². The first-order valence-electron chi connectivity index (χ1n) is 9.11. The zero-order chi connectivity index (χ0) is 18.0. The Kier molecular flexibility index (Phi) is 2.84. The van der Waals surface area contributed by atoms with Gasteiger partial charge >= 0.3 is 0 Å². The highest BCUT2D eigenvalue weighted by atomic mass is 16.4. The van der Waals surface area contributed by atoms with Gasteiger partial charge < -0.3 is 8.83 Å². The highest BCUT2D eigenvalue weighted by Gasteiger charge is 2.16. The zero-order valence-corrected chi connectivity index (χ0v) is 14.8. The van der Waals surface area contributed by atoms with E-state index in [9.17, 15) is 0 Å². The van der Waals surface area contributed by atoms with Crippen LogP contribution in [0.2, 0.25) is 0 Å². The van der Waals surface area contributed by atoms with Crippen LogP contribution in [0.5, 0.6) is 0 Å². The monoisotopic (exact) mass is 348 g/mol. The SMILES string of the molecule is Cc1cccc(-c2ccc3oc4c(ccc5c6ccccc6oc54)c3c2)c1. The summed E-state index contributed by atoms with van der Waals surface area (Å²) in [4.78, 5) is 0. The predicted molar refractivity (Wildman–Crippen MR) is 111 cm³/mol. The molecule has 0 unspecified atom stereocenters. The Morgan fingerprint density at radius 3 is 2.04 bits per heavy atom. The highest BCUT2D eigenvalue weighted by Crippen LogP contribution is 2.39. The lowest BCUT2D eigenvalue weighted by Gasteiger charge is -2.03. The molecule has 0 aliphatic carbocycles. The number of rotatable bonds is 1. The Labute approximate surface area is 155 Å². The van der Waals surface area contributed by atoms with Crippen molar-refractivity contribution >= 4 is 43.9 Å². The smallest absolute Gasteiger partial charge is 0.178 e. The molecule has 2 nitrogen and oxygen atoms in total.